The number of amides is 1. The molecule has 0 radical (unpaired) electrons. The molecule has 7 heteroatoms. The van der Waals surface area contributed by atoms with Crippen molar-refractivity contribution >= 4 is 55.7 Å². The second kappa shape index (κ2) is 5.86. The molecule has 0 saturated carbocycles. The predicted octanol–water partition coefficient (Wildman–Crippen LogP) is 3.94. The average molecular weight is 335 g/mol. The van der Waals surface area contributed by atoms with Crippen LogP contribution in [0.2, 0.25) is 0 Å². The van der Waals surface area contributed by atoms with Gasteiger partial charge in [-0.1, -0.05) is 6.07 Å². The van der Waals surface area contributed by atoms with Gasteiger partial charge in [0.2, 0.25) is 11.9 Å². The number of nitrogens with one attached hydrogen (secondary N) is 2. The summed E-state index contributed by atoms with van der Waals surface area (Å²) in [7, 11) is 0. The largest absolute Gasteiger partial charge is 0.326 e. The number of hydrogen-bond donors (Lipinski definition) is 2. The number of thiazole rings is 1. The molecule has 4 rings (SSSR count). The van der Waals surface area contributed by atoms with Gasteiger partial charge in [0.05, 0.1) is 21.2 Å². The van der Waals surface area contributed by atoms with Crippen LogP contribution in [-0.4, -0.2) is 20.9 Å². The van der Waals surface area contributed by atoms with Crippen LogP contribution < -0.4 is 10.6 Å². The van der Waals surface area contributed by atoms with Crippen LogP contribution in [0.1, 0.15) is 6.92 Å². The molecule has 118 valence electrons. The SMILES string of the molecule is CC(=O)Nc1cccc(Nc2ncc3ccc4ncsc4c3n2)c1. The third-order valence-electron chi connectivity index (χ3n) is 3.49. The van der Waals surface area contributed by atoms with Crippen molar-refractivity contribution in [3.63, 3.8) is 0 Å². The highest BCUT2D eigenvalue weighted by atomic mass is 32.1. The van der Waals surface area contributed by atoms with E-state index >= 15 is 0 Å². The van der Waals surface area contributed by atoms with Crippen LogP contribution in [0.4, 0.5) is 17.3 Å². The van der Waals surface area contributed by atoms with Gasteiger partial charge in [-0.3, -0.25) is 4.79 Å². The fourth-order valence-electron chi connectivity index (χ4n) is 2.48. The van der Waals surface area contributed by atoms with Gasteiger partial charge in [-0.2, -0.15) is 0 Å². The van der Waals surface area contributed by atoms with Crippen molar-refractivity contribution in [2.75, 3.05) is 10.6 Å². The molecule has 0 atom stereocenters. The Balaban J connectivity index is 1.70. The van der Waals surface area contributed by atoms with Crippen LogP contribution >= 0.6 is 11.3 Å². The zero-order valence-electron chi connectivity index (χ0n) is 12.8. The third-order valence-corrected chi connectivity index (χ3v) is 4.34. The quantitative estimate of drug-likeness (QED) is 0.593. The van der Waals surface area contributed by atoms with E-state index in [1.54, 1.807) is 17.5 Å². The highest BCUT2D eigenvalue weighted by molar-refractivity contribution is 7.17. The summed E-state index contributed by atoms with van der Waals surface area (Å²) in [4.78, 5) is 24.5. The lowest BCUT2D eigenvalue weighted by molar-refractivity contribution is -0.114. The van der Waals surface area contributed by atoms with Crippen LogP contribution in [0.25, 0.3) is 21.1 Å². The van der Waals surface area contributed by atoms with Crippen LogP contribution in [-0.2, 0) is 4.79 Å². The number of anilines is 3. The Hall–Kier alpha value is -3.06. The maximum absolute atomic E-state index is 11.2. The molecule has 2 N–H and O–H groups in total. The van der Waals surface area contributed by atoms with Crippen LogP contribution in [0.15, 0.2) is 48.1 Å². The molecule has 24 heavy (non-hydrogen) atoms. The highest BCUT2D eigenvalue weighted by Gasteiger charge is 2.07. The Labute approximate surface area is 141 Å². The molecule has 2 heterocycles. The minimum Gasteiger partial charge on any atom is -0.326 e. The van der Waals surface area contributed by atoms with E-state index in [0.717, 1.165) is 32.5 Å². The Morgan fingerprint density at radius 1 is 1.12 bits per heavy atom. The maximum Gasteiger partial charge on any atom is 0.227 e. The molecule has 6 nitrogen and oxygen atoms in total. The van der Waals surface area contributed by atoms with E-state index in [1.807, 2.05) is 41.9 Å². The van der Waals surface area contributed by atoms with Crippen molar-refractivity contribution in [3.8, 4) is 0 Å². The fourth-order valence-corrected chi connectivity index (χ4v) is 3.27. The van der Waals surface area contributed by atoms with Crippen LogP contribution in [0.3, 0.4) is 0 Å². The fraction of sp³-hybridized carbons (Fsp3) is 0.0588. The lowest BCUT2D eigenvalue weighted by atomic mass is 10.2. The zero-order valence-corrected chi connectivity index (χ0v) is 13.6. The van der Waals surface area contributed by atoms with Gasteiger partial charge in [-0.15, -0.1) is 11.3 Å². The van der Waals surface area contributed by atoms with Gasteiger partial charge in [-0.05, 0) is 30.3 Å². The summed E-state index contributed by atoms with van der Waals surface area (Å²) in [5.74, 6) is 0.394. The summed E-state index contributed by atoms with van der Waals surface area (Å²) in [6.07, 6.45) is 1.79. The van der Waals surface area contributed by atoms with Crippen molar-refractivity contribution in [1.29, 1.82) is 0 Å². The normalized spacial score (nSPS) is 10.9. The molecular formula is C17H13N5OS. The first-order valence-electron chi connectivity index (χ1n) is 7.33. The summed E-state index contributed by atoms with van der Waals surface area (Å²) in [6, 6.07) is 11.4. The number of benzene rings is 2. The lowest BCUT2D eigenvalue weighted by Crippen LogP contribution is -2.06. The highest BCUT2D eigenvalue weighted by Crippen LogP contribution is 2.27. The number of rotatable bonds is 3. The number of fused-ring (bicyclic) bond motifs is 3. The summed E-state index contributed by atoms with van der Waals surface area (Å²) < 4.78 is 1.05. The number of aromatic nitrogens is 3. The first-order chi connectivity index (χ1) is 11.7. The Bertz CT molecular complexity index is 1060. The molecular weight excluding hydrogens is 322 g/mol. The molecule has 0 unspecified atom stereocenters. The summed E-state index contributed by atoms with van der Waals surface area (Å²) >= 11 is 1.56. The predicted molar refractivity (Wildman–Crippen MR) is 96.7 cm³/mol. The molecule has 1 amide bonds. The second-order valence-corrected chi connectivity index (χ2v) is 6.14. The van der Waals surface area contributed by atoms with Crippen molar-refractivity contribution in [2.24, 2.45) is 0 Å². The molecule has 0 saturated heterocycles. The van der Waals surface area contributed by atoms with E-state index < -0.39 is 0 Å². The van der Waals surface area contributed by atoms with E-state index in [9.17, 15) is 4.79 Å². The van der Waals surface area contributed by atoms with Gasteiger partial charge in [0.15, 0.2) is 0 Å². The van der Waals surface area contributed by atoms with E-state index in [0.29, 0.717) is 5.95 Å². The van der Waals surface area contributed by atoms with E-state index in [4.69, 9.17) is 0 Å². The smallest absolute Gasteiger partial charge is 0.227 e. The van der Waals surface area contributed by atoms with Crippen molar-refractivity contribution in [2.45, 2.75) is 6.92 Å². The molecule has 0 aliphatic rings. The number of carbonyl (C=O) groups is 1. The van der Waals surface area contributed by atoms with Crippen molar-refractivity contribution in [1.82, 2.24) is 15.0 Å². The van der Waals surface area contributed by atoms with Crippen LogP contribution in [0.5, 0.6) is 0 Å². The standard InChI is InChI=1S/C17H13N5OS/c1-10(23)20-12-3-2-4-13(7-12)21-17-18-8-11-5-6-14-16(15(11)22-17)24-9-19-14/h2-9H,1H3,(H,20,23)(H,18,21,22). The van der Waals surface area contributed by atoms with E-state index in [1.165, 1.54) is 6.92 Å². The first kappa shape index (κ1) is 14.5. The van der Waals surface area contributed by atoms with E-state index in [-0.39, 0.29) is 5.91 Å². The van der Waals surface area contributed by atoms with Gasteiger partial charge in [0.1, 0.15) is 0 Å². The second-order valence-electron chi connectivity index (χ2n) is 5.28. The molecule has 4 aromatic rings. The summed E-state index contributed by atoms with van der Waals surface area (Å²) in [6.45, 7) is 1.48. The monoisotopic (exact) mass is 335 g/mol. The molecule has 0 aliphatic carbocycles. The summed E-state index contributed by atoms with van der Waals surface area (Å²) in [5, 5.41) is 6.91. The van der Waals surface area contributed by atoms with Gasteiger partial charge in [0, 0.05) is 29.9 Å². The third kappa shape index (κ3) is 2.77. The molecule has 0 fully saturated rings. The number of nitrogens with zero attached hydrogens (tertiary/aromatic N) is 3. The van der Waals surface area contributed by atoms with Crippen molar-refractivity contribution < 1.29 is 4.79 Å². The van der Waals surface area contributed by atoms with Gasteiger partial charge in [-0.25, -0.2) is 15.0 Å². The van der Waals surface area contributed by atoms with E-state index in [2.05, 4.69) is 25.6 Å². The van der Waals surface area contributed by atoms with Gasteiger partial charge < -0.3 is 10.6 Å². The Morgan fingerprint density at radius 3 is 2.88 bits per heavy atom. The molecule has 0 bridgehead atoms. The lowest BCUT2D eigenvalue weighted by Gasteiger charge is -2.08. The number of hydrogen-bond acceptors (Lipinski definition) is 6. The number of carbonyl (C=O) groups excluding carboxylic acids is 1. The minimum absolute atomic E-state index is 0.110. The maximum atomic E-state index is 11.2. The minimum atomic E-state index is -0.110. The molecule has 0 spiro atoms. The van der Waals surface area contributed by atoms with Gasteiger partial charge >= 0.3 is 0 Å². The average Bonchev–Trinajstić information content (AvgIpc) is 3.03. The molecule has 2 aromatic carbocycles. The summed E-state index contributed by atoms with van der Waals surface area (Å²) in [5.41, 5.74) is 5.15. The molecule has 0 aliphatic heterocycles. The topological polar surface area (TPSA) is 79.8 Å². The Morgan fingerprint density at radius 2 is 2.00 bits per heavy atom. The molecule has 2 aromatic heterocycles. The zero-order chi connectivity index (χ0) is 16.5. The van der Waals surface area contributed by atoms with Crippen LogP contribution in [0, 0.1) is 0 Å². The Kier molecular flexibility index (Phi) is 3.55. The van der Waals surface area contributed by atoms with Gasteiger partial charge in [0.25, 0.3) is 0 Å². The van der Waals surface area contributed by atoms with Crippen molar-refractivity contribution in [3.05, 3.63) is 48.1 Å². The first-order valence-corrected chi connectivity index (χ1v) is 8.21.